The highest BCUT2D eigenvalue weighted by Gasteiger charge is 2.43. The zero-order chi connectivity index (χ0) is 20.3. The molecule has 28 heavy (non-hydrogen) atoms. The number of aliphatic hydroxyl groups excluding tert-OH is 4. The lowest BCUT2D eigenvalue weighted by Gasteiger charge is -2.40. The van der Waals surface area contributed by atoms with Crippen molar-refractivity contribution in [2.24, 2.45) is 0 Å². The predicted molar refractivity (Wildman–Crippen MR) is 102 cm³/mol. The summed E-state index contributed by atoms with van der Waals surface area (Å²) in [7, 11) is 0. The molecule has 5 atom stereocenters. The molecule has 1 aliphatic rings. The quantitative estimate of drug-likeness (QED) is 0.507. The number of halogens is 1. The van der Waals surface area contributed by atoms with Crippen LogP contribution in [0.15, 0.2) is 42.5 Å². The fourth-order valence-corrected chi connectivity index (χ4v) is 3.34. The molecule has 6 nitrogen and oxygen atoms in total. The van der Waals surface area contributed by atoms with Crippen LogP contribution in [0.1, 0.15) is 23.6 Å². The van der Waals surface area contributed by atoms with Crippen LogP contribution in [-0.2, 0) is 17.6 Å². The molecule has 0 amide bonds. The van der Waals surface area contributed by atoms with Gasteiger partial charge in [0.15, 0.2) is 6.23 Å². The first-order chi connectivity index (χ1) is 13.4. The molecule has 1 aliphatic heterocycles. The van der Waals surface area contributed by atoms with Crippen molar-refractivity contribution in [3.63, 3.8) is 0 Å². The zero-order valence-electron chi connectivity index (χ0n) is 15.6. The molecule has 152 valence electrons. The third kappa shape index (κ3) is 4.51. The van der Waals surface area contributed by atoms with Gasteiger partial charge in [-0.1, -0.05) is 31.2 Å². The lowest BCUT2D eigenvalue weighted by molar-refractivity contribution is -0.221. The second-order valence-electron chi connectivity index (χ2n) is 7.04. The van der Waals surface area contributed by atoms with Gasteiger partial charge >= 0.3 is 0 Å². The van der Waals surface area contributed by atoms with Crippen molar-refractivity contribution < 1.29 is 29.6 Å². The van der Waals surface area contributed by atoms with Crippen molar-refractivity contribution in [3.8, 4) is 0 Å². The molecule has 2 aromatic carbocycles. The number of benzene rings is 2. The average molecular weight is 391 g/mol. The third-order valence-electron chi connectivity index (χ3n) is 5.08. The Hall–Kier alpha value is -2.03. The maximum Gasteiger partial charge on any atom is 0.157 e. The molecule has 0 aromatic heterocycles. The van der Waals surface area contributed by atoms with Crippen molar-refractivity contribution in [1.29, 1.82) is 0 Å². The Kier molecular flexibility index (Phi) is 6.64. The molecule has 0 spiro atoms. The van der Waals surface area contributed by atoms with Crippen LogP contribution in [0.4, 0.5) is 10.1 Å². The van der Waals surface area contributed by atoms with Crippen LogP contribution < -0.4 is 5.32 Å². The van der Waals surface area contributed by atoms with Crippen molar-refractivity contribution in [2.45, 2.75) is 50.4 Å². The van der Waals surface area contributed by atoms with E-state index in [4.69, 9.17) is 4.74 Å². The van der Waals surface area contributed by atoms with Gasteiger partial charge in [-0.25, -0.2) is 4.39 Å². The minimum atomic E-state index is -1.48. The Morgan fingerprint density at radius 2 is 1.64 bits per heavy atom. The first-order valence-corrected chi connectivity index (χ1v) is 9.36. The van der Waals surface area contributed by atoms with E-state index in [1.807, 2.05) is 24.3 Å². The molecule has 7 heteroatoms. The smallest absolute Gasteiger partial charge is 0.157 e. The Morgan fingerprint density at radius 1 is 0.964 bits per heavy atom. The highest BCUT2D eigenvalue weighted by Crippen LogP contribution is 2.26. The van der Waals surface area contributed by atoms with Gasteiger partial charge in [0.25, 0.3) is 0 Å². The molecule has 0 unspecified atom stereocenters. The number of hydrogen-bond donors (Lipinski definition) is 5. The van der Waals surface area contributed by atoms with Crippen LogP contribution in [0, 0.1) is 5.82 Å². The van der Waals surface area contributed by atoms with E-state index in [0.29, 0.717) is 17.7 Å². The molecule has 0 bridgehead atoms. The summed E-state index contributed by atoms with van der Waals surface area (Å²) in [6.07, 6.45) is -5.01. The maximum absolute atomic E-state index is 13.8. The molecule has 1 heterocycles. The van der Waals surface area contributed by atoms with E-state index in [1.165, 1.54) is 23.8 Å². The minimum absolute atomic E-state index is 0.389. The second kappa shape index (κ2) is 8.98. The van der Waals surface area contributed by atoms with Crippen LogP contribution >= 0.6 is 0 Å². The molecule has 3 rings (SSSR count). The number of rotatable bonds is 6. The van der Waals surface area contributed by atoms with Crippen molar-refractivity contribution >= 4 is 5.69 Å². The lowest BCUT2D eigenvalue weighted by atomic mass is 9.97. The van der Waals surface area contributed by atoms with E-state index in [-0.39, 0.29) is 5.82 Å². The summed E-state index contributed by atoms with van der Waals surface area (Å²) >= 11 is 0. The number of aliphatic hydroxyl groups is 4. The third-order valence-corrected chi connectivity index (χ3v) is 5.08. The molecule has 5 N–H and O–H groups in total. The van der Waals surface area contributed by atoms with Gasteiger partial charge in [0, 0.05) is 5.69 Å². The topological polar surface area (TPSA) is 102 Å². The molecule has 2 aromatic rings. The molecule has 0 aliphatic carbocycles. The number of ether oxygens (including phenoxy) is 1. The molecular formula is C21H26FNO5. The molecule has 0 radical (unpaired) electrons. The van der Waals surface area contributed by atoms with E-state index >= 15 is 0 Å². The van der Waals surface area contributed by atoms with E-state index in [2.05, 4.69) is 12.2 Å². The fraction of sp³-hybridized carbons (Fsp3) is 0.429. The van der Waals surface area contributed by atoms with Gasteiger partial charge in [0.2, 0.25) is 0 Å². The summed E-state index contributed by atoms with van der Waals surface area (Å²) < 4.78 is 19.3. The summed E-state index contributed by atoms with van der Waals surface area (Å²) in [5.74, 6) is -0.389. The van der Waals surface area contributed by atoms with E-state index in [1.54, 1.807) is 0 Å². The monoisotopic (exact) mass is 391 g/mol. The van der Waals surface area contributed by atoms with Crippen LogP contribution in [-0.4, -0.2) is 57.7 Å². The van der Waals surface area contributed by atoms with Crippen LogP contribution in [0.5, 0.6) is 0 Å². The number of hydrogen-bond acceptors (Lipinski definition) is 6. The molecule has 0 saturated carbocycles. The largest absolute Gasteiger partial charge is 0.394 e. The van der Waals surface area contributed by atoms with Crippen LogP contribution in [0.3, 0.4) is 0 Å². The SMILES string of the molecule is CCc1ccc(Cc2cc(F)ccc2N[C@@H]2O[C@H](CO)[C@@H](O)[C@H](O)[C@H]2O)cc1. The zero-order valence-corrected chi connectivity index (χ0v) is 15.6. The summed E-state index contributed by atoms with van der Waals surface area (Å²) in [4.78, 5) is 0. The maximum atomic E-state index is 13.8. The van der Waals surface area contributed by atoms with Gasteiger partial charge in [-0.15, -0.1) is 0 Å². The predicted octanol–water partition coefficient (Wildman–Crippen LogP) is 1.19. The van der Waals surface area contributed by atoms with Gasteiger partial charge < -0.3 is 30.5 Å². The first-order valence-electron chi connectivity index (χ1n) is 9.36. The Bertz CT molecular complexity index is 783. The fourth-order valence-electron chi connectivity index (χ4n) is 3.34. The molecular weight excluding hydrogens is 365 g/mol. The van der Waals surface area contributed by atoms with Gasteiger partial charge in [0.05, 0.1) is 6.61 Å². The summed E-state index contributed by atoms with van der Waals surface area (Å²) in [6, 6.07) is 12.3. The first kappa shape index (κ1) is 20.7. The Morgan fingerprint density at radius 3 is 2.29 bits per heavy atom. The normalized spacial score (nSPS) is 27.6. The van der Waals surface area contributed by atoms with Gasteiger partial charge in [-0.2, -0.15) is 0 Å². The van der Waals surface area contributed by atoms with Gasteiger partial charge in [0.1, 0.15) is 30.2 Å². The summed E-state index contributed by atoms with van der Waals surface area (Å²) in [6.45, 7) is 1.56. The number of aryl methyl sites for hydroxylation is 1. The summed E-state index contributed by atoms with van der Waals surface area (Å²) in [5, 5.41) is 42.4. The second-order valence-corrected chi connectivity index (χ2v) is 7.04. The van der Waals surface area contributed by atoms with Crippen molar-refractivity contribution in [3.05, 3.63) is 65.0 Å². The van der Waals surface area contributed by atoms with E-state index in [9.17, 15) is 24.8 Å². The molecule has 1 saturated heterocycles. The van der Waals surface area contributed by atoms with E-state index < -0.39 is 37.3 Å². The minimum Gasteiger partial charge on any atom is -0.394 e. The lowest BCUT2D eigenvalue weighted by Crippen LogP contribution is -2.60. The van der Waals surface area contributed by atoms with E-state index in [0.717, 1.165) is 12.0 Å². The summed E-state index contributed by atoms with van der Waals surface area (Å²) in [5.41, 5.74) is 3.40. The van der Waals surface area contributed by atoms with Gasteiger partial charge in [-0.3, -0.25) is 0 Å². The standard InChI is InChI=1S/C21H26FNO5/c1-2-12-3-5-13(6-4-12)9-14-10-15(22)7-8-16(14)23-21-20(27)19(26)18(25)17(11-24)28-21/h3-8,10,17-21,23-27H,2,9,11H2,1H3/t17-,18-,19+,20-,21-/m1/s1. The Labute approximate surface area is 163 Å². The Balaban J connectivity index is 1.81. The van der Waals surface area contributed by atoms with Crippen LogP contribution in [0.25, 0.3) is 0 Å². The van der Waals surface area contributed by atoms with Crippen LogP contribution in [0.2, 0.25) is 0 Å². The van der Waals surface area contributed by atoms with Crippen molar-refractivity contribution in [1.82, 2.24) is 0 Å². The molecule has 1 fully saturated rings. The van der Waals surface area contributed by atoms with Crippen molar-refractivity contribution in [2.75, 3.05) is 11.9 Å². The highest BCUT2D eigenvalue weighted by molar-refractivity contribution is 5.53. The number of anilines is 1. The highest BCUT2D eigenvalue weighted by atomic mass is 19.1. The number of nitrogens with one attached hydrogen (secondary N) is 1. The van der Waals surface area contributed by atoms with Gasteiger partial charge in [-0.05, 0) is 47.7 Å². The average Bonchev–Trinajstić information content (AvgIpc) is 2.70.